The van der Waals surface area contributed by atoms with Crippen molar-refractivity contribution in [2.24, 2.45) is 5.41 Å². The van der Waals surface area contributed by atoms with Crippen LogP contribution in [0.25, 0.3) is 0 Å². The van der Waals surface area contributed by atoms with Crippen molar-refractivity contribution in [1.82, 2.24) is 5.32 Å². The van der Waals surface area contributed by atoms with E-state index in [9.17, 15) is 9.18 Å². The summed E-state index contributed by atoms with van der Waals surface area (Å²) in [5.74, 6) is -0.504. The van der Waals surface area contributed by atoms with Gasteiger partial charge >= 0.3 is 5.97 Å². The fourth-order valence-electron chi connectivity index (χ4n) is 1.90. The highest BCUT2D eigenvalue weighted by molar-refractivity contribution is 5.76. The van der Waals surface area contributed by atoms with Crippen molar-refractivity contribution >= 4 is 5.97 Å². The highest BCUT2D eigenvalue weighted by atomic mass is 19.1. The summed E-state index contributed by atoms with van der Waals surface area (Å²) in [6.45, 7) is 8.13. The van der Waals surface area contributed by atoms with Crippen LogP contribution in [-0.4, -0.2) is 19.1 Å². The monoisotopic (exact) mass is 267 g/mol. The summed E-state index contributed by atoms with van der Waals surface area (Å²) in [7, 11) is 1.38. The van der Waals surface area contributed by atoms with Crippen molar-refractivity contribution in [2.45, 2.75) is 40.3 Å². The molecule has 0 aromatic heterocycles. The van der Waals surface area contributed by atoms with Gasteiger partial charge in [-0.05, 0) is 29.5 Å². The Morgan fingerprint density at radius 3 is 2.53 bits per heavy atom. The number of rotatable bonds is 4. The maximum absolute atomic E-state index is 13.2. The molecular formula is C15H22FNO2. The lowest BCUT2D eigenvalue weighted by molar-refractivity contribution is -0.146. The van der Waals surface area contributed by atoms with E-state index in [1.165, 1.54) is 13.2 Å². The van der Waals surface area contributed by atoms with E-state index in [2.05, 4.69) is 5.32 Å². The van der Waals surface area contributed by atoms with E-state index in [0.29, 0.717) is 12.1 Å². The number of nitrogens with one attached hydrogen (secondary N) is 1. The summed E-state index contributed by atoms with van der Waals surface area (Å²) < 4.78 is 18.0. The minimum Gasteiger partial charge on any atom is -0.468 e. The van der Waals surface area contributed by atoms with Crippen molar-refractivity contribution in [3.63, 3.8) is 0 Å². The lowest BCUT2D eigenvalue weighted by atomic mass is 9.86. The molecule has 0 saturated heterocycles. The van der Waals surface area contributed by atoms with E-state index in [0.717, 1.165) is 5.56 Å². The van der Waals surface area contributed by atoms with Crippen molar-refractivity contribution in [3.8, 4) is 0 Å². The average Bonchev–Trinajstić information content (AvgIpc) is 2.31. The van der Waals surface area contributed by atoms with Gasteiger partial charge in [-0.2, -0.15) is 0 Å². The Hall–Kier alpha value is -1.42. The number of benzene rings is 1. The molecule has 3 nitrogen and oxygen atoms in total. The Bertz CT molecular complexity index is 452. The molecule has 19 heavy (non-hydrogen) atoms. The standard InChI is InChI=1S/C15H22FNO2/c1-10-8-11(6-7-12(10)16)9-17-13(14(18)19-5)15(2,3)4/h6-8,13,17H,9H2,1-5H3/t13-/m1/s1. The Labute approximate surface area is 114 Å². The van der Waals surface area contributed by atoms with Gasteiger partial charge in [0.1, 0.15) is 11.9 Å². The van der Waals surface area contributed by atoms with E-state index in [4.69, 9.17) is 4.74 Å². The van der Waals surface area contributed by atoms with Gasteiger partial charge in [-0.15, -0.1) is 0 Å². The van der Waals surface area contributed by atoms with Crippen molar-refractivity contribution in [1.29, 1.82) is 0 Å². The first-order valence-electron chi connectivity index (χ1n) is 6.32. The second-order valence-electron chi connectivity index (χ2n) is 5.79. The molecule has 1 N–H and O–H groups in total. The van der Waals surface area contributed by atoms with Crippen LogP contribution in [0.2, 0.25) is 0 Å². The van der Waals surface area contributed by atoms with Gasteiger partial charge in [-0.3, -0.25) is 10.1 Å². The minimum absolute atomic E-state index is 0.218. The predicted molar refractivity (Wildman–Crippen MR) is 73.2 cm³/mol. The summed E-state index contributed by atoms with van der Waals surface area (Å²) in [4.78, 5) is 11.8. The summed E-state index contributed by atoms with van der Waals surface area (Å²) in [5.41, 5.74) is 1.30. The van der Waals surface area contributed by atoms with Crippen LogP contribution in [0.1, 0.15) is 31.9 Å². The molecule has 0 aliphatic carbocycles. The molecule has 0 spiro atoms. The lowest BCUT2D eigenvalue weighted by Crippen LogP contribution is -2.46. The Morgan fingerprint density at radius 2 is 2.05 bits per heavy atom. The van der Waals surface area contributed by atoms with Crippen LogP contribution < -0.4 is 5.32 Å². The summed E-state index contributed by atoms with van der Waals surface area (Å²) in [6, 6.07) is 4.53. The fourth-order valence-corrected chi connectivity index (χ4v) is 1.90. The molecule has 0 saturated carbocycles. The predicted octanol–water partition coefficient (Wildman–Crippen LogP) is 2.81. The van der Waals surface area contributed by atoms with Crippen LogP contribution in [0, 0.1) is 18.2 Å². The molecule has 1 aromatic carbocycles. The Morgan fingerprint density at radius 1 is 1.42 bits per heavy atom. The molecule has 1 rings (SSSR count). The van der Waals surface area contributed by atoms with E-state index < -0.39 is 6.04 Å². The first-order chi connectivity index (χ1) is 8.75. The SMILES string of the molecule is COC(=O)[C@@H](NCc1ccc(F)c(C)c1)C(C)(C)C. The van der Waals surface area contributed by atoms with Gasteiger partial charge in [0, 0.05) is 6.54 Å². The fraction of sp³-hybridized carbons (Fsp3) is 0.533. The number of aryl methyl sites for hydroxylation is 1. The van der Waals surface area contributed by atoms with E-state index in [1.54, 1.807) is 19.1 Å². The molecule has 1 aromatic rings. The molecule has 0 amide bonds. The van der Waals surface area contributed by atoms with Crippen molar-refractivity contribution in [2.75, 3.05) is 7.11 Å². The molecule has 0 unspecified atom stereocenters. The van der Waals surface area contributed by atoms with Crippen molar-refractivity contribution in [3.05, 3.63) is 35.1 Å². The lowest BCUT2D eigenvalue weighted by Gasteiger charge is -2.29. The summed E-state index contributed by atoms with van der Waals surface area (Å²) in [5, 5.41) is 3.18. The normalized spacial score (nSPS) is 13.2. The number of carbonyl (C=O) groups is 1. The van der Waals surface area contributed by atoms with Crippen LogP contribution >= 0.6 is 0 Å². The third-order valence-corrected chi connectivity index (χ3v) is 3.04. The molecule has 0 aliphatic heterocycles. The number of halogens is 1. The van der Waals surface area contributed by atoms with Gasteiger partial charge in [0.25, 0.3) is 0 Å². The van der Waals surface area contributed by atoms with Gasteiger partial charge in [0.2, 0.25) is 0 Å². The smallest absolute Gasteiger partial charge is 0.323 e. The molecule has 0 aliphatic rings. The average molecular weight is 267 g/mol. The number of hydrogen-bond donors (Lipinski definition) is 1. The topological polar surface area (TPSA) is 38.3 Å². The van der Waals surface area contributed by atoms with E-state index in [1.807, 2.05) is 20.8 Å². The molecular weight excluding hydrogens is 245 g/mol. The quantitative estimate of drug-likeness (QED) is 0.853. The number of esters is 1. The maximum atomic E-state index is 13.2. The maximum Gasteiger partial charge on any atom is 0.323 e. The van der Waals surface area contributed by atoms with Gasteiger partial charge in [0.05, 0.1) is 7.11 Å². The highest BCUT2D eigenvalue weighted by Gasteiger charge is 2.31. The molecule has 4 heteroatoms. The van der Waals surface area contributed by atoms with E-state index >= 15 is 0 Å². The second-order valence-corrected chi connectivity index (χ2v) is 5.79. The molecule has 106 valence electrons. The number of ether oxygens (including phenoxy) is 1. The molecule has 1 atom stereocenters. The summed E-state index contributed by atoms with van der Waals surface area (Å²) >= 11 is 0. The number of methoxy groups -OCH3 is 1. The number of carbonyl (C=O) groups excluding carboxylic acids is 1. The van der Waals surface area contributed by atoms with E-state index in [-0.39, 0.29) is 17.2 Å². The molecule has 0 fully saturated rings. The van der Waals surface area contributed by atoms with Gasteiger partial charge in [0.15, 0.2) is 0 Å². The first kappa shape index (κ1) is 15.6. The number of hydrogen-bond acceptors (Lipinski definition) is 3. The highest BCUT2D eigenvalue weighted by Crippen LogP contribution is 2.21. The van der Waals surface area contributed by atoms with Crippen LogP contribution in [0.3, 0.4) is 0 Å². The van der Waals surface area contributed by atoms with Crippen LogP contribution in [-0.2, 0) is 16.1 Å². The zero-order chi connectivity index (χ0) is 14.6. The van der Waals surface area contributed by atoms with Gasteiger partial charge < -0.3 is 4.74 Å². The second kappa shape index (κ2) is 6.15. The zero-order valence-electron chi connectivity index (χ0n) is 12.2. The third-order valence-electron chi connectivity index (χ3n) is 3.04. The summed E-state index contributed by atoms with van der Waals surface area (Å²) in [6.07, 6.45) is 0. The van der Waals surface area contributed by atoms with Crippen LogP contribution in [0.15, 0.2) is 18.2 Å². The molecule has 0 bridgehead atoms. The van der Waals surface area contributed by atoms with Gasteiger partial charge in [-0.1, -0.05) is 32.9 Å². The first-order valence-corrected chi connectivity index (χ1v) is 6.32. The largest absolute Gasteiger partial charge is 0.468 e. The minimum atomic E-state index is -0.400. The van der Waals surface area contributed by atoms with Crippen molar-refractivity contribution < 1.29 is 13.9 Å². The third kappa shape index (κ3) is 4.31. The molecule has 0 radical (unpaired) electrons. The zero-order valence-corrected chi connectivity index (χ0v) is 12.2. The molecule has 0 heterocycles. The van der Waals surface area contributed by atoms with Gasteiger partial charge in [-0.25, -0.2) is 4.39 Å². The van der Waals surface area contributed by atoms with Crippen LogP contribution in [0.5, 0.6) is 0 Å². The van der Waals surface area contributed by atoms with Crippen LogP contribution in [0.4, 0.5) is 4.39 Å². The Kier molecular flexibility index (Phi) is 5.06. The Balaban J connectivity index is 2.76.